The summed E-state index contributed by atoms with van der Waals surface area (Å²) >= 11 is 6.40. The number of pyridine rings is 1. The third-order valence-electron chi connectivity index (χ3n) is 8.19. The molecule has 2 aromatic rings. The lowest BCUT2D eigenvalue weighted by atomic mass is 10.0. The van der Waals surface area contributed by atoms with Crippen LogP contribution in [0, 0.1) is 11.8 Å². The second kappa shape index (κ2) is 8.09. The van der Waals surface area contributed by atoms with Crippen molar-refractivity contribution in [3.8, 4) is 0 Å². The summed E-state index contributed by atoms with van der Waals surface area (Å²) in [6.45, 7) is 0.474. The van der Waals surface area contributed by atoms with Crippen molar-refractivity contribution in [3.05, 3.63) is 34.2 Å². The number of aliphatic hydroxyl groups excluding tert-OH is 1. The lowest BCUT2D eigenvalue weighted by molar-refractivity contribution is -0.138. The zero-order chi connectivity index (χ0) is 24.6. The highest BCUT2D eigenvalue weighted by atomic mass is 35.5. The molecule has 7 nitrogen and oxygen atoms in total. The Morgan fingerprint density at radius 1 is 1.11 bits per heavy atom. The van der Waals surface area contributed by atoms with E-state index in [1.54, 1.807) is 0 Å². The zero-order valence-electron chi connectivity index (χ0n) is 19.0. The molecule has 1 N–H and O–H groups in total. The Morgan fingerprint density at radius 3 is 2.40 bits per heavy atom. The van der Waals surface area contributed by atoms with E-state index in [2.05, 4.69) is 4.98 Å². The lowest BCUT2D eigenvalue weighted by Gasteiger charge is -2.38. The van der Waals surface area contributed by atoms with Crippen LogP contribution in [-0.4, -0.2) is 67.9 Å². The molecule has 11 heteroatoms. The molecule has 4 atom stereocenters. The third kappa shape index (κ3) is 3.98. The summed E-state index contributed by atoms with van der Waals surface area (Å²) in [5.41, 5.74) is -1.06. The number of piperazine rings is 1. The van der Waals surface area contributed by atoms with Crippen LogP contribution in [0.2, 0.25) is 5.15 Å². The zero-order valence-corrected chi connectivity index (χ0v) is 19.7. The Bertz CT molecular complexity index is 1200. The molecule has 1 saturated heterocycles. The highest BCUT2D eigenvalue weighted by molar-refractivity contribution is 6.33. The van der Waals surface area contributed by atoms with Gasteiger partial charge in [-0.25, -0.2) is 4.98 Å². The van der Waals surface area contributed by atoms with Gasteiger partial charge < -0.3 is 14.9 Å². The van der Waals surface area contributed by atoms with Crippen LogP contribution in [0.5, 0.6) is 0 Å². The summed E-state index contributed by atoms with van der Waals surface area (Å²) in [5, 5.41) is 9.69. The molecule has 0 radical (unpaired) electrons. The van der Waals surface area contributed by atoms with Crippen molar-refractivity contribution >= 4 is 29.1 Å². The average Bonchev–Trinajstić information content (AvgIpc) is 3.38. The van der Waals surface area contributed by atoms with Crippen LogP contribution in [0.3, 0.4) is 0 Å². The molecular weight excluding hydrogens is 485 g/mol. The van der Waals surface area contributed by atoms with Gasteiger partial charge in [0.05, 0.1) is 11.7 Å². The molecule has 4 fully saturated rings. The second-order valence-electron chi connectivity index (χ2n) is 10.5. The van der Waals surface area contributed by atoms with Crippen molar-refractivity contribution in [2.75, 3.05) is 19.6 Å². The topological polar surface area (TPSA) is 78.2 Å². The van der Waals surface area contributed by atoms with E-state index in [-0.39, 0.29) is 47.9 Å². The van der Waals surface area contributed by atoms with Crippen LogP contribution in [0.4, 0.5) is 13.2 Å². The van der Waals surface area contributed by atoms with Crippen LogP contribution in [-0.2, 0) is 11.0 Å². The molecule has 6 rings (SSSR count). The van der Waals surface area contributed by atoms with E-state index in [1.165, 1.54) is 11.1 Å². The van der Waals surface area contributed by atoms with Crippen LogP contribution in [0.1, 0.15) is 66.1 Å². The number of fused-ring (bicyclic) bond motifs is 2. The fraction of sp³-hybridized carbons (Fsp3) is 0.625. The second-order valence-corrected chi connectivity index (χ2v) is 10.8. The van der Waals surface area contributed by atoms with Crippen LogP contribution >= 0.6 is 11.6 Å². The number of carbonyl (C=O) groups is 2. The lowest BCUT2D eigenvalue weighted by Crippen LogP contribution is -2.55. The van der Waals surface area contributed by atoms with Gasteiger partial charge in [-0.05, 0) is 67.9 Å². The maximum Gasteiger partial charge on any atom is 0.419 e. The number of imidazole rings is 1. The van der Waals surface area contributed by atoms with Gasteiger partial charge in [-0.3, -0.25) is 14.0 Å². The molecule has 3 heterocycles. The summed E-state index contributed by atoms with van der Waals surface area (Å²) in [4.78, 5) is 33.3. The van der Waals surface area contributed by atoms with E-state index in [1.807, 2.05) is 4.90 Å². The van der Waals surface area contributed by atoms with E-state index >= 15 is 0 Å². The maximum atomic E-state index is 13.8. The summed E-state index contributed by atoms with van der Waals surface area (Å²) in [6.07, 6.45) is 1.57. The first-order valence-electron chi connectivity index (χ1n) is 12.2. The molecule has 2 aromatic heterocycles. The van der Waals surface area contributed by atoms with Crippen molar-refractivity contribution in [2.45, 2.75) is 62.8 Å². The van der Waals surface area contributed by atoms with Gasteiger partial charge in [-0.2, -0.15) is 13.2 Å². The number of aromatic nitrogens is 2. The van der Waals surface area contributed by atoms with Crippen molar-refractivity contribution in [1.29, 1.82) is 0 Å². The molecule has 188 valence electrons. The smallest absolute Gasteiger partial charge is 0.393 e. The molecule has 2 amide bonds. The predicted molar refractivity (Wildman–Crippen MR) is 120 cm³/mol. The number of halogens is 4. The largest absolute Gasteiger partial charge is 0.419 e. The van der Waals surface area contributed by atoms with Crippen LogP contribution in [0.15, 0.2) is 12.3 Å². The molecule has 4 aliphatic rings. The number of amides is 2. The third-order valence-corrected chi connectivity index (χ3v) is 8.55. The molecule has 0 aromatic carbocycles. The van der Waals surface area contributed by atoms with Gasteiger partial charge >= 0.3 is 6.18 Å². The fourth-order valence-corrected chi connectivity index (χ4v) is 6.58. The van der Waals surface area contributed by atoms with Gasteiger partial charge in [-0.1, -0.05) is 11.6 Å². The number of nitrogens with zero attached hydrogens (tertiary/aromatic N) is 4. The van der Waals surface area contributed by atoms with Crippen molar-refractivity contribution < 1.29 is 27.9 Å². The normalized spacial score (nSPS) is 29.3. The van der Waals surface area contributed by atoms with Gasteiger partial charge in [0.2, 0.25) is 5.91 Å². The van der Waals surface area contributed by atoms with E-state index in [0.29, 0.717) is 23.9 Å². The minimum absolute atomic E-state index is 0.0576. The summed E-state index contributed by atoms with van der Waals surface area (Å²) in [5.74, 6) is 0.105. The first-order chi connectivity index (χ1) is 16.6. The van der Waals surface area contributed by atoms with E-state index in [0.717, 1.165) is 49.0 Å². The van der Waals surface area contributed by atoms with Crippen LogP contribution in [0.25, 0.3) is 5.65 Å². The number of alkyl halides is 3. The van der Waals surface area contributed by atoms with E-state index in [9.17, 15) is 27.9 Å². The molecule has 35 heavy (non-hydrogen) atoms. The van der Waals surface area contributed by atoms with Crippen molar-refractivity contribution in [1.82, 2.24) is 19.2 Å². The molecule has 1 aliphatic heterocycles. The molecule has 0 bridgehead atoms. The highest BCUT2D eigenvalue weighted by Crippen LogP contribution is 2.46. The van der Waals surface area contributed by atoms with Crippen molar-refractivity contribution in [3.63, 3.8) is 0 Å². The van der Waals surface area contributed by atoms with Gasteiger partial charge in [0.25, 0.3) is 5.91 Å². The van der Waals surface area contributed by atoms with Gasteiger partial charge in [0.1, 0.15) is 11.7 Å². The Balaban J connectivity index is 1.22. The van der Waals surface area contributed by atoms with E-state index < -0.39 is 23.3 Å². The Morgan fingerprint density at radius 2 is 1.80 bits per heavy atom. The molecule has 0 unspecified atom stereocenters. The van der Waals surface area contributed by atoms with Crippen LogP contribution < -0.4 is 0 Å². The molecule has 3 saturated carbocycles. The average molecular weight is 511 g/mol. The predicted octanol–water partition coefficient (Wildman–Crippen LogP) is 3.72. The summed E-state index contributed by atoms with van der Waals surface area (Å²) < 4.78 is 42.5. The Hall–Kier alpha value is -2.33. The quantitative estimate of drug-likeness (QED) is 0.683. The monoisotopic (exact) mass is 510 g/mol. The summed E-state index contributed by atoms with van der Waals surface area (Å²) in [7, 11) is 0. The minimum atomic E-state index is -4.64. The van der Waals surface area contributed by atoms with Gasteiger partial charge in [-0.15, -0.1) is 0 Å². The van der Waals surface area contributed by atoms with Crippen molar-refractivity contribution in [2.24, 2.45) is 11.8 Å². The Labute approximate surface area is 204 Å². The number of hydrogen-bond acceptors (Lipinski definition) is 4. The number of aliphatic hydroxyl groups is 1. The summed E-state index contributed by atoms with van der Waals surface area (Å²) in [6, 6.07) is 1.21. The fourth-order valence-electron chi connectivity index (χ4n) is 6.33. The Kier molecular flexibility index (Phi) is 5.34. The molecular formula is C24H26ClF3N4O3. The number of rotatable bonds is 3. The highest BCUT2D eigenvalue weighted by Gasteiger charge is 2.45. The van der Waals surface area contributed by atoms with E-state index in [4.69, 9.17) is 11.6 Å². The van der Waals surface area contributed by atoms with Gasteiger partial charge in [0.15, 0.2) is 11.3 Å². The molecule has 0 spiro atoms. The first-order valence-corrected chi connectivity index (χ1v) is 12.5. The van der Waals surface area contributed by atoms with Gasteiger partial charge in [0, 0.05) is 25.3 Å². The maximum absolute atomic E-state index is 13.8. The first kappa shape index (κ1) is 23.1. The number of hydrogen-bond donors (Lipinski definition) is 1. The minimum Gasteiger partial charge on any atom is -0.393 e. The standard InChI is InChI=1S/C24H26ClF3N4O3/c25-21-20(29-22-18(24(26,27)28)9-15(10-32(21)22)12-1-2-12)23(35)30-3-4-31(19(34)11-30)16-5-13-7-17(33)8-14(13)6-16/h9-10,12-14,16-17,33H,1-8,11H2/t13-,14+,16+,17-. The molecule has 3 aliphatic carbocycles. The number of carbonyl (C=O) groups excluding carboxylic acids is 2. The SMILES string of the molecule is O=C(c1nc2c(C(F)(F)F)cc(C3CC3)cn2c1Cl)N1CCN([C@@H]2C[C@H]3C[C@H](O)C[C@H]3C2)C(=O)C1.